The van der Waals surface area contributed by atoms with Gasteiger partial charge in [-0.1, -0.05) is 18.2 Å². The maximum Gasteiger partial charge on any atom is 0.341 e. The van der Waals surface area contributed by atoms with E-state index in [0.717, 1.165) is 5.39 Å². The monoisotopic (exact) mass is 457 g/mol. The molecular weight excluding hydrogens is 426 g/mol. The van der Waals surface area contributed by atoms with Gasteiger partial charge in [-0.15, -0.1) is 0 Å². The van der Waals surface area contributed by atoms with Gasteiger partial charge in [0.2, 0.25) is 17.7 Å². The normalized spacial score (nSPS) is 16.5. The summed E-state index contributed by atoms with van der Waals surface area (Å²) in [5, 5.41) is 6.26. The van der Waals surface area contributed by atoms with Crippen molar-refractivity contribution in [3.8, 4) is 0 Å². The summed E-state index contributed by atoms with van der Waals surface area (Å²) in [7, 11) is 0. The zero-order valence-corrected chi connectivity index (χ0v) is 18.5. The first-order valence-corrected chi connectivity index (χ1v) is 11.2. The molecule has 2 aromatic rings. The number of unbranched alkanes of at least 4 members (excludes halogenated alkanes) is 1. The fraction of sp³-hybridized carbons (Fsp3) is 0.478. The molecule has 1 aliphatic rings. The SMILES string of the molecule is NCCCC[C@H](NC(=O)[C@@H]1CCCN1C(=O)CN)C(=O)NCc1cc2ccccc2oc1=O. The van der Waals surface area contributed by atoms with Gasteiger partial charge in [0.1, 0.15) is 17.7 Å². The standard InChI is InChI=1S/C23H31N5O5/c24-10-4-3-7-17(27-22(31)18-8-5-11-28(18)20(29)13-25)21(30)26-14-16-12-15-6-1-2-9-19(15)33-23(16)32/h1-2,6,9,12,17-18H,3-5,7-8,10-11,13-14,24-25H2,(H,26,30)(H,27,31)/t17-,18-/m0/s1. The van der Waals surface area contributed by atoms with E-state index < -0.39 is 23.6 Å². The number of fused-ring (bicyclic) bond motifs is 1. The van der Waals surface area contributed by atoms with Gasteiger partial charge in [0.05, 0.1) is 18.7 Å². The second-order valence-corrected chi connectivity index (χ2v) is 8.11. The van der Waals surface area contributed by atoms with Crippen molar-refractivity contribution in [1.29, 1.82) is 0 Å². The fourth-order valence-electron chi connectivity index (χ4n) is 4.02. The number of nitrogens with two attached hydrogens (primary N) is 2. The van der Waals surface area contributed by atoms with Crippen molar-refractivity contribution in [3.05, 3.63) is 46.3 Å². The predicted molar refractivity (Wildman–Crippen MR) is 123 cm³/mol. The Morgan fingerprint density at radius 2 is 1.97 bits per heavy atom. The fourth-order valence-corrected chi connectivity index (χ4v) is 4.02. The lowest BCUT2D eigenvalue weighted by molar-refractivity contribution is -0.138. The van der Waals surface area contributed by atoms with Crippen LogP contribution in [0.3, 0.4) is 0 Å². The van der Waals surface area contributed by atoms with Gasteiger partial charge in [-0.25, -0.2) is 4.79 Å². The van der Waals surface area contributed by atoms with Gasteiger partial charge < -0.3 is 31.4 Å². The summed E-state index contributed by atoms with van der Waals surface area (Å²) in [6.45, 7) is 0.743. The number of nitrogens with one attached hydrogen (secondary N) is 2. The van der Waals surface area contributed by atoms with E-state index in [1.807, 2.05) is 12.1 Å². The van der Waals surface area contributed by atoms with Crippen molar-refractivity contribution < 1.29 is 18.8 Å². The van der Waals surface area contributed by atoms with E-state index >= 15 is 0 Å². The minimum Gasteiger partial charge on any atom is -0.422 e. The summed E-state index contributed by atoms with van der Waals surface area (Å²) in [6, 6.07) is 7.34. The third-order valence-electron chi connectivity index (χ3n) is 5.80. The van der Waals surface area contributed by atoms with Crippen LogP contribution in [0.25, 0.3) is 11.0 Å². The molecule has 1 aromatic heterocycles. The van der Waals surface area contributed by atoms with Crippen molar-refractivity contribution in [2.45, 2.75) is 50.7 Å². The molecule has 10 nitrogen and oxygen atoms in total. The Balaban J connectivity index is 1.67. The predicted octanol–water partition coefficient (Wildman–Crippen LogP) is -0.0273. The van der Waals surface area contributed by atoms with Gasteiger partial charge >= 0.3 is 5.63 Å². The molecule has 178 valence electrons. The number of rotatable bonds is 10. The summed E-state index contributed by atoms with van der Waals surface area (Å²) >= 11 is 0. The molecule has 33 heavy (non-hydrogen) atoms. The number of carbonyl (C=O) groups is 3. The second kappa shape index (κ2) is 11.6. The van der Waals surface area contributed by atoms with Crippen molar-refractivity contribution in [2.75, 3.05) is 19.6 Å². The van der Waals surface area contributed by atoms with Crippen LogP contribution < -0.4 is 27.7 Å². The molecule has 0 aliphatic carbocycles. The summed E-state index contributed by atoms with van der Waals surface area (Å²) in [6.07, 6.45) is 2.95. The average molecular weight is 458 g/mol. The van der Waals surface area contributed by atoms with Crippen molar-refractivity contribution in [1.82, 2.24) is 15.5 Å². The van der Waals surface area contributed by atoms with Gasteiger partial charge in [-0.05, 0) is 50.8 Å². The smallest absolute Gasteiger partial charge is 0.341 e. The van der Waals surface area contributed by atoms with Gasteiger partial charge in [0, 0.05) is 11.9 Å². The van der Waals surface area contributed by atoms with Gasteiger partial charge in [-0.3, -0.25) is 14.4 Å². The average Bonchev–Trinajstić information content (AvgIpc) is 3.31. The highest BCUT2D eigenvalue weighted by Gasteiger charge is 2.35. The van der Waals surface area contributed by atoms with Crippen molar-refractivity contribution >= 4 is 28.7 Å². The zero-order chi connectivity index (χ0) is 23.8. The van der Waals surface area contributed by atoms with Crippen molar-refractivity contribution in [2.24, 2.45) is 11.5 Å². The Kier molecular flexibility index (Phi) is 8.56. The third kappa shape index (κ3) is 6.17. The van der Waals surface area contributed by atoms with Crippen LogP contribution in [0.1, 0.15) is 37.7 Å². The van der Waals surface area contributed by atoms with Crippen LogP contribution in [0, 0.1) is 0 Å². The summed E-state index contributed by atoms with van der Waals surface area (Å²) in [5.41, 5.74) is 11.3. The topological polar surface area (TPSA) is 161 Å². The number of carbonyl (C=O) groups excluding carboxylic acids is 3. The van der Waals surface area contributed by atoms with Gasteiger partial charge in [0.15, 0.2) is 0 Å². The highest BCUT2D eigenvalue weighted by Crippen LogP contribution is 2.18. The van der Waals surface area contributed by atoms with E-state index in [9.17, 15) is 19.2 Å². The molecule has 0 radical (unpaired) electrons. The van der Waals surface area contributed by atoms with Crippen LogP contribution in [0.4, 0.5) is 0 Å². The molecule has 1 saturated heterocycles. The molecule has 0 unspecified atom stereocenters. The number of nitrogens with zero attached hydrogens (tertiary/aromatic N) is 1. The number of benzene rings is 1. The van der Waals surface area contributed by atoms with Gasteiger partial charge in [0.25, 0.3) is 0 Å². The molecule has 1 aliphatic heterocycles. The van der Waals surface area contributed by atoms with E-state index in [4.69, 9.17) is 15.9 Å². The molecule has 3 amide bonds. The molecule has 6 N–H and O–H groups in total. The molecule has 0 spiro atoms. The maximum atomic E-state index is 12.9. The first-order chi connectivity index (χ1) is 15.9. The molecule has 1 fully saturated rings. The molecule has 3 rings (SSSR count). The molecule has 0 saturated carbocycles. The minimum absolute atomic E-state index is 0.0313. The number of likely N-dealkylation sites (tertiary alicyclic amines) is 1. The number of hydrogen-bond acceptors (Lipinski definition) is 7. The summed E-state index contributed by atoms with van der Waals surface area (Å²) < 4.78 is 5.30. The van der Waals surface area contributed by atoms with Crippen LogP contribution in [-0.2, 0) is 20.9 Å². The van der Waals surface area contributed by atoms with E-state index in [-0.39, 0.29) is 24.9 Å². The van der Waals surface area contributed by atoms with Crippen LogP contribution in [0.5, 0.6) is 0 Å². The van der Waals surface area contributed by atoms with Gasteiger partial charge in [-0.2, -0.15) is 0 Å². The largest absolute Gasteiger partial charge is 0.422 e. The lowest BCUT2D eigenvalue weighted by atomic mass is 10.1. The molecule has 2 atom stereocenters. The van der Waals surface area contributed by atoms with Crippen molar-refractivity contribution in [3.63, 3.8) is 0 Å². The Labute approximate surface area is 191 Å². The second-order valence-electron chi connectivity index (χ2n) is 8.11. The quantitative estimate of drug-likeness (QED) is 0.288. The highest BCUT2D eigenvalue weighted by molar-refractivity contribution is 5.92. The Morgan fingerprint density at radius 3 is 2.73 bits per heavy atom. The van der Waals surface area contributed by atoms with Crippen LogP contribution in [-0.4, -0.2) is 54.3 Å². The Hall–Kier alpha value is -3.24. The first-order valence-electron chi connectivity index (χ1n) is 11.2. The number of amides is 3. The molecule has 0 bridgehead atoms. The molecule has 2 heterocycles. The summed E-state index contributed by atoms with van der Waals surface area (Å²) in [5.74, 6) is -1.09. The van der Waals surface area contributed by atoms with Crippen LogP contribution in [0.2, 0.25) is 0 Å². The molecule has 10 heteroatoms. The van der Waals surface area contributed by atoms with E-state index in [0.29, 0.717) is 56.3 Å². The van der Waals surface area contributed by atoms with E-state index in [1.165, 1.54) is 4.90 Å². The molecular formula is C23H31N5O5. The molecule has 1 aromatic carbocycles. The number of para-hydroxylation sites is 1. The van der Waals surface area contributed by atoms with E-state index in [1.54, 1.807) is 18.2 Å². The zero-order valence-electron chi connectivity index (χ0n) is 18.5. The van der Waals surface area contributed by atoms with E-state index in [2.05, 4.69) is 10.6 Å². The Bertz CT molecular complexity index is 1050. The highest BCUT2D eigenvalue weighted by atomic mass is 16.4. The third-order valence-corrected chi connectivity index (χ3v) is 5.80. The van der Waals surface area contributed by atoms with Crippen LogP contribution >= 0.6 is 0 Å². The van der Waals surface area contributed by atoms with Crippen LogP contribution in [0.15, 0.2) is 39.5 Å². The summed E-state index contributed by atoms with van der Waals surface area (Å²) in [4.78, 5) is 51.6. The Morgan fingerprint density at radius 1 is 1.18 bits per heavy atom. The first kappa shape index (κ1) is 24.4. The minimum atomic E-state index is -0.813. The lowest BCUT2D eigenvalue weighted by Gasteiger charge is -2.26. The number of hydrogen-bond donors (Lipinski definition) is 4. The lowest BCUT2D eigenvalue weighted by Crippen LogP contribution is -2.53. The maximum absolute atomic E-state index is 12.9.